The molecule has 1 atom stereocenters. The van der Waals surface area contributed by atoms with Crippen LogP contribution < -0.4 is 15.8 Å². The first-order valence-corrected chi connectivity index (χ1v) is 14.1. The van der Waals surface area contributed by atoms with E-state index < -0.39 is 5.82 Å². The van der Waals surface area contributed by atoms with Gasteiger partial charge in [0.2, 0.25) is 0 Å². The molecule has 2 aromatic carbocycles. The van der Waals surface area contributed by atoms with Gasteiger partial charge in [-0.05, 0) is 69.0 Å². The normalized spacial score (nSPS) is 17.9. The highest BCUT2D eigenvalue weighted by Crippen LogP contribution is 2.35. The van der Waals surface area contributed by atoms with Crippen molar-refractivity contribution in [3.05, 3.63) is 72.3 Å². The molecule has 11 heteroatoms. The summed E-state index contributed by atoms with van der Waals surface area (Å²) in [6.45, 7) is 2.63. The van der Waals surface area contributed by atoms with Crippen LogP contribution >= 0.6 is 0 Å². The molecule has 0 spiro atoms. The summed E-state index contributed by atoms with van der Waals surface area (Å²) in [5.41, 5.74) is 7.44. The molecule has 10 nitrogen and oxygen atoms in total. The number of likely N-dealkylation sites (tertiary alicyclic amines) is 1. The fraction of sp³-hybridized carbons (Fsp3) is 0.323. The van der Waals surface area contributed by atoms with E-state index in [2.05, 4.69) is 21.4 Å². The zero-order valence-electron chi connectivity index (χ0n) is 23.0. The van der Waals surface area contributed by atoms with Crippen LogP contribution in [0.1, 0.15) is 25.7 Å². The van der Waals surface area contributed by atoms with Crippen LogP contribution in [-0.4, -0.2) is 56.2 Å². The van der Waals surface area contributed by atoms with Crippen molar-refractivity contribution < 1.29 is 13.9 Å². The molecule has 0 aliphatic carbocycles. The Morgan fingerprint density at radius 3 is 2.71 bits per heavy atom. The van der Waals surface area contributed by atoms with Gasteiger partial charge in [-0.25, -0.2) is 19.0 Å². The number of para-hydroxylation sites is 1. The highest BCUT2D eigenvalue weighted by Gasteiger charge is 2.33. The SMILES string of the molecule is N#CC(=CC1CCNCC1)C(=O)N1CCC[C@H]1Cn1nc(-c2ccc(Oc3ccccc3)cc2F)c2c(N)ncnc21. The van der Waals surface area contributed by atoms with Gasteiger partial charge in [-0.15, -0.1) is 0 Å². The second kappa shape index (κ2) is 12.0. The molecule has 214 valence electrons. The van der Waals surface area contributed by atoms with Crippen LogP contribution in [0.4, 0.5) is 10.2 Å². The smallest absolute Gasteiger partial charge is 0.264 e. The van der Waals surface area contributed by atoms with E-state index in [1.165, 1.54) is 12.4 Å². The van der Waals surface area contributed by atoms with E-state index in [9.17, 15) is 10.1 Å². The average molecular weight is 567 g/mol. The Hall–Kier alpha value is -4.82. The monoisotopic (exact) mass is 566 g/mol. The van der Waals surface area contributed by atoms with Crippen LogP contribution in [0.5, 0.6) is 11.5 Å². The summed E-state index contributed by atoms with van der Waals surface area (Å²) in [4.78, 5) is 23.8. The van der Waals surface area contributed by atoms with Crippen LogP contribution in [-0.2, 0) is 11.3 Å². The van der Waals surface area contributed by atoms with E-state index >= 15 is 4.39 Å². The second-order valence-corrected chi connectivity index (χ2v) is 10.6. The molecule has 1 amide bonds. The molecular weight excluding hydrogens is 535 g/mol. The number of aromatic nitrogens is 4. The molecule has 0 unspecified atom stereocenters. The van der Waals surface area contributed by atoms with Crippen LogP contribution in [0.25, 0.3) is 22.3 Å². The summed E-state index contributed by atoms with van der Waals surface area (Å²) < 4.78 is 22.9. The Kier molecular flexibility index (Phi) is 7.79. The number of nitriles is 1. The van der Waals surface area contributed by atoms with Gasteiger partial charge in [0.1, 0.15) is 46.8 Å². The minimum Gasteiger partial charge on any atom is -0.457 e. The molecule has 0 bridgehead atoms. The molecule has 2 aromatic heterocycles. The summed E-state index contributed by atoms with van der Waals surface area (Å²) in [5.74, 6) is 0.546. The fourth-order valence-electron chi connectivity index (χ4n) is 5.77. The lowest BCUT2D eigenvalue weighted by atomic mass is 9.95. The predicted molar refractivity (Wildman–Crippen MR) is 156 cm³/mol. The van der Waals surface area contributed by atoms with Crippen molar-refractivity contribution in [3.63, 3.8) is 0 Å². The molecule has 0 radical (unpaired) electrons. The number of ether oxygens (including phenoxy) is 1. The van der Waals surface area contributed by atoms with Crippen LogP contribution in [0, 0.1) is 23.1 Å². The van der Waals surface area contributed by atoms with Crippen molar-refractivity contribution in [2.75, 3.05) is 25.4 Å². The van der Waals surface area contributed by atoms with Gasteiger partial charge in [-0.2, -0.15) is 10.4 Å². The van der Waals surface area contributed by atoms with Crippen LogP contribution in [0.2, 0.25) is 0 Å². The third-order valence-electron chi connectivity index (χ3n) is 7.89. The number of allylic oxidation sites excluding steroid dienone is 1. The van der Waals surface area contributed by atoms with Gasteiger partial charge >= 0.3 is 0 Å². The van der Waals surface area contributed by atoms with Crippen LogP contribution in [0.3, 0.4) is 0 Å². The van der Waals surface area contributed by atoms with Gasteiger partial charge < -0.3 is 20.7 Å². The highest BCUT2D eigenvalue weighted by molar-refractivity contribution is 5.99. The molecule has 3 N–H and O–H groups in total. The van der Waals surface area contributed by atoms with E-state index in [1.54, 1.807) is 33.8 Å². The Bertz CT molecular complexity index is 1670. The van der Waals surface area contributed by atoms with E-state index in [1.807, 2.05) is 24.3 Å². The van der Waals surface area contributed by atoms with Crippen LogP contribution in [0.15, 0.2) is 66.5 Å². The molecule has 4 aromatic rings. The van der Waals surface area contributed by atoms with E-state index in [4.69, 9.17) is 15.6 Å². The lowest BCUT2D eigenvalue weighted by Gasteiger charge is -2.25. The summed E-state index contributed by atoms with van der Waals surface area (Å²) in [5, 5.41) is 18.3. The molecule has 2 fully saturated rings. The highest BCUT2D eigenvalue weighted by atomic mass is 19.1. The Labute approximate surface area is 242 Å². The quantitative estimate of drug-likeness (QED) is 0.248. The van der Waals surface area contributed by atoms with E-state index in [-0.39, 0.29) is 34.8 Å². The lowest BCUT2D eigenvalue weighted by molar-refractivity contribution is -0.127. The minimum atomic E-state index is -0.530. The number of rotatable bonds is 7. The maximum Gasteiger partial charge on any atom is 0.264 e. The maximum atomic E-state index is 15.5. The summed E-state index contributed by atoms with van der Waals surface area (Å²) in [6.07, 6.45) is 6.54. The minimum absolute atomic E-state index is 0.182. The predicted octanol–water partition coefficient (Wildman–Crippen LogP) is 4.45. The van der Waals surface area contributed by atoms with Gasteiger partial charge in [-0.1, -0.05) is 24.3 Å². The number of hydrogen-bond acceptors (Lipinski definition) is 8. The number of anilines is 1. The molecule has 0 saturated carbocycles. The molecule has 42 heavy (non-hydrogen) atoms. The van der Waals surface area contributed by atoms with Gasteiger partial charge in [0.25, 0.3) is 5.91 Å². The van der Waals surface area contributed by atoms with Gasteiger partial charge in [0.05, 0.1) is 18.0 Å². The summed E-state index contributed by atoms with van der Waals surface area (Å²) in [6, 6.07) is 15.6. The number of carbonyl (C=O) groups excluding carboxylic acids is 1. The Balaban J connectivity index is 1.28. The Morgan fingerprint density at radius 2 is 1.95 bits per heavy atom. The van der Waals surface area contributed by atoms with Crippen molar-refractivity contribution in [1.82, 2.24) is 30.0 Å². The van der Waals surface area contributed by atoms with Crippen molar-refractivity contribution in [2.24, 2.45) is 5.92 Å². The molecular formula is C31H31FN8O2. The number of fused-ring (bicyclic) bond motifs is 1. The van der Waals surface area contributed by atoms with Crippen molar-refractivity contribution in [3.8, 4) is 28.8 Å². The second-order valence-electron chi connectivity index (χ2n) is 10.6. The zero-order chi connectivity index (χ0) is 29.1. The zero-order valence-corrected chi connectivity index (χ0v) is 23.0. The number of carbonyl (C=O) groups is 1. The summed E-state index contributed by atoms with van der Waals surface area (Å²) in [7, 11) is 0. The number of piperidine rings is 1. The third kappa shape index (κ3) is 5.53. The molecule has 4 heterocycles. The molecule has 2 aliphatic rings. The number of hydrogen-bond donors (Lipinski definition) is 2. The van der Waals surface area contributed by atoms with Gasteiger partial charge in [0.15, 0.2) is 5.65 Å². The lowest BCUT2D eigenvalue weighted by Crippen LogP contribution is -2.39. The van der Waals surface area contributed by atoms with Gasteiger partial charge in [0, 0.05) is 18.2 Å². The number of nitrogens with two attached hydrogens (primary N) is 1. The van der Waals surface area contributed by atoms with Crippen molar-refractivity contribution in [1.29, 1.82) is 5.26 Å². The molecule has 6 rings (SSSR count). The maximum absolute atomic E-state index is 15.5. The molecule has 2 aliphatic heterocycles. The first-order valence-electron chi connectivity index (χ1n) is 14.1. The third-order valence-corrected chi connectivity index (χ3v) is 7.89. The summed E-state index contributed by atoms with van der Waals surface area (Å²) >= 11 is 0. The number of halogens is 1. The van der Waals surface area contributed by atoms with E-state index in [0.29, 0.717) is 41.3 Å². The number of nitrogens with one attached hydrogen (secondary N) is 1. The van der Waals surface area contributed by atoms with E-state index in [0.717, 1.165) is 38.8 Å². The van der Waals surface area contributed by atoms with Crippen molar-refractivity contribution >= 4 is 22.8 Å². The number of benzene rings is 2. The average Bonchev–Trinajstić information content (AvgIpc) is 3.62. The first-order chi connectivity index (χ1) is 20.5. The molecule has 2 saturated heterocycles. The topological polar surface area (TPSA) is 135 Å². The number of nitrogen functional groups attached to an aromatic ring is 1. The standard InChI is InChI=1S/C31H31FN8O2/c32-26-16-24(42-23-6-2-1-3-7-23)8-9-25(26)28-27-29(34)36-19-37-30(27)40(38-28)18-22-5-4-14-39(22)31(41)21(17-33)15-20-10-12-35-13-11-20/h1-3,6-9,15-16,19-20,22,35H,4-5,10-14,18H2,(H2,34,36,37)/t22-/m0/s1. The number of nitrogens with zero attached hydrogens (tertiary/aromatic N) is 6. The number of amides is 1. The largest absolute Gasteiger partial charge is 0.457 e. The van der Waals surface area contributed by atoms with Gasteiger partial charge in [-0.3, -0.25) is 4.79 Å². The fourth-order valence-corrected chi connectivity index (χ4v) is 5.77. The first kappa shape index (κ1) is 27.4. The Morgan fingerprint density at radius 1 is 1.14 bits per heavy atom. The van der Waals surface area contributed by atoms with Crippen molar-refractivity contribution in [2.45, 2.75) is 38.3 Å².